The van der Waals surface area contributed by atoms with Crippen molar-refractivity contribution in [3.8, 4) is 11.5 Å². The van der Waals surface area contributed by atoms with E-state index >= 15 is 0 Å². The van der Waals surface area contributed by atoms with Crippen LogP contribution in [-0.2, 0) is 4.79 Å². The number of ether oxygens (including phenoxy) is 2. The third kappa shape index (κ3) is 2.98. The number of aliphatic carboxylic acids is 1. The molecular formula is C12H14BrNO4S. The van der Waals surface area contributed by atoms with Crippen molar-refractivity contribution < 1.29 is 19.4 Å². The van der Waals surface area contributed by atoms with Crippen LogP contribution in [0.15, 0.2) is 16.6 Å². The van der Waals surface area contributed by atoms with E-state index in [2.05, 4.69) is 21.2 Å². The maximum absolute atomic E-state index is 11.0. The molecule has 5 nitrogen and oxygen atoms in total. The number of carboxylic acids is 1. The summed E-state index contributed by atoms with van der Waals surface area (Å²) in [6.45, 7) is 0. The van der Waals surface area contributed by atoms with Crippen molar-refractivity contribution in [3.63, 3.8) is 0 Å². The van der Waals surface area contributed by atoms with Crippen molar-refractivity contribution in [3.05, 3.63) is 22.2 Å². The lowest BCUT2D eigenvalue weighted by atomic mass is 10.2. The number of halogens is 1. The molecule has 1 aliphatic heterocycles. The number of methoxy groups -OCH3 is 2. The van der Waals surface area contributed by atoms with Gasteiger partial charge in [-0.15, -0.1) is 11.8 Å². The second-order valence-corrected chi connectivity index (χ2v) is 5.99. The maximum atomic E-state index is 11.0. The lowest BCUT2D eigenvalue weighted by molar-refractivity contribution is -0.138. The lowest BCUT2D eigenvalue weighted by Gasteiger charge is -2.16. The SMILES string of the molecule is COc1cc(Br)c([C@@H]2N[C@H](C(=O)O)CS2)cc1OC. The highest BCUT2D eigenvalue weighted by atomic mass is 79.9. The lowest BCUT2D eigenvalue weighted by Crippen LogP contribution is -2.33. The molecule has 1 aromatic carbocycles. The molecule has 0 spiro atoms. The van der Waals surface area contributed by atoms with Gasteiger partial charge in [-0.3, -0.25) is 10.1 Å². The van der Waals surface area contributed by atoms with E-state index in [0.717, 1.165) is 10.0 Å². The van der Waals surface area contributed by atoms with E-state index < -0.39 is 12.0 Å². The average Bonchev–Trinajstić information content (AvgIpc) is 2.87. The van der Waals surface area contributed by atoms with Gasteiger partial charge in [0.05, 0.1) is 19.6 Å². The molecule has 1 aromatic rings. The highest BCUT2D eigenvalue weighted by Gasteiger charge is 2.31. The topological polar surface area (TPSA) is 67.8 Å². The van der Waals surface area contributed by atoms with Crippen LogP contribution < -0.4 is 14.8 Å². The minimum absolute atomic E-state index is 0.0738. The summed E-state index contributed by atoms with van der Waals surface area (Å²) in [5, 5.41) is 12.0. The summed E-state index contributed by atoms with van der Waals surface area (Å²) in [6, 6.07) is 3.16. The molecule has 0 bridgehead atoms. The third-order valence-corrected chi connectivity index (χ3v) is 4.80. The molecule has 104 valence electrons. The number of rotatable bonds is 4. The number of hydrogen-bond acceptors (Lipinski definition) is 5. The second-order valence-electron chi connectivity index (χ2n) is 4.00. The molecule has 1 saturated heterocycles. The van der Waals surface area contributed by atoms with Crippen LogP contribution in [0.1, 0.15) is 10.9 Å². The smallest absolute Gasteiger partial charge is 0.321 e. The van der Waals surface area contributed by atoms with E-state index in [1.807, 2.05) is 12.1 Å². The quantitative estimate of drug-likeness (QED) is 0.870. The van der Waals surface area contributed by atoms with Crippen LogP contribution in [0.5, 0.6) is 11.5 Å². The van der Waals surface area contributed by atoms with Crippen LogP contribution in [-0.4, -0.2) is 37.1 Å². The van der Waals surface area contributed by atoms with Crippen molar-refractivity contribution in [2.75, 3.05) is 20.0 Å². The van der Waals surface area contributed by atoms with Crippen LogP contribution in [0.3, 0.4) is 0 Å². The van der Waals surface area contributed by atoms with E-state index in [9.17, 15) is 4.79 Å². The van der Waals surface area contributed by atoms with Crippen molar-refractivity contribution in [1.29, 1.82) is 0 Å². The molecule has 2 N–H and O–H groups in total. The molecular weight excluding hydrogens is 334 g/mol. The number of carbonyl (C=O) groups is 1. The van der Waals surface area contributed by atoms with Gasteiger partial charge in [0.2, 0.25) is 0 Å². The minimum atomic E-state index is -0.827. The molecule has 0 aliphatic carbocycles. The second kappa shape index (κ2) is 6.02. The molecule has 2 atom stereocenters. The Balaban J connectivity index is 2.28. The largest absolute Gasteiger partial charge is 0.493 e. The Labute approximate surface area is 123 Å². The molecule has 1 aliphatic rings. The summed E-state index contributed by atoms with van der Waals surface area (Å²) in [6.07, 6.45) is 0. The Morgan fingerprint density at radius 3 is 2.58 bits per heavy atom. The van der Waals surface area contributed by atoms with E-state index in [0.29, 0.717) is 17.3 Å². The first kappa shape index (κ1) is 14.5. The number of benzene rings is 1. The molecule has 2 rings (SSSR count). The standard InChI is InChI=1S/C12H14BrNO4S/c1-17-9-3-6(7(13)4-10(9)18-2)11-14-8(5-19-11)12(15)16/h3-4,8,11,14H,5H2,1-2H3,(H,15,16)/t8-,11+/m0/s1. The van der Waals surface area contributed by atoms with Gasteiger partial charge in [0.25, 0.3) is 0 Å². The molecule has 0 amide bonds. The molecule has 1 heterocycles. The highest BCUT2D eigenvalue weighted by molar-refractivity contribution is 9.10. The summed E-state index contributed by atoms with van der Waals surface area (Å²) < 4.78 is 11.3. The molecule has 0 unspecified atom stereocenters. The van der Waals surface area contributed by atoms with Crippen molar-refractivity contribution in [2.24, 2.45) is 0 Å². The van der Waals surface area contributed by atoms with Gasteiger partial charge in [-0.25, -0.2) is 0 Å². The Kier molecular flexibility index (Phi) is 4.59. The first-order valence-corrected chi connectivity index (χ1v) is 7.43. The van der Waals surface area contributed by atoms with Gasteiger partial charge >= 0.3 is 5.97 Å². The zero-order valence-corrected chi connectivity index (χ0v) is 12.9. The van der Waals surface area contributed by atoms with E-state index in [-0.39, 0.29) is 5.37 Å². The Hall–Kier alpha value is -0.920. The fourth-order valence-electron chi connectivity index (χ4n) is 1.86. The number of carboxylic acid groups (broad SMARTS) is 1. The highest BCUT2D eigenvalue weighted by Crippen LogP contribution is 2.41. The van der Waals surface area contributed by atoms with Crippen molar-refractivity contribution in [2.45, 2.75) is 11.4 Å². The minimum Gasteiger partial charge on any atom is -0.493 e. The third-order valence-electron chi connectivity index (χ3n) is 2.87. The van der Waals surface area contributed by atoms with Gasteiger partial charge < -0.3 is 14.6 Å². The monoisotopic (exact) mass is 347 g/mol. The van der Waals surface area contributed by atoms with Crippen molar-refractivity contribution >= 4 is 33.7 Å². The van der Waals surface area contributed by atoms with Crippen LogP contribution in [0, 0.1) is 0 Å². The van der Waals surface area contributed by atoms with Gasteiger partial charge in [-0.2, -0.15) is 0 Å². The molecule has 0 saturated carbocycles. The van der Waals surface area contributed by atoms with Crippen molar-refractivity contribution in [1.82, 2.24) is 5.32 Å². The average molecular weight is 348 g/mol. The predicted octanol–water partition coefficient (Wildman–Crippen LogP) is 2.25. The fraction of sp³-hybridized carbons (Fsp3) is 0.417. The zero-order chi connectivity index (χ0) is 14.0. The van der Waals surface area contributed by atoms with Crippen LogP contribution in [0.4, 0.5) is 0 Å². The summed E-state index contributed by atoms with van der Waals surface area (Å²) >= 11 is 5.04. The van der Waals surface area contributed by atoms with E-state index in [4.69, 9.17) is 14.6 Å². The van der Waals surface area contributed by atoms with E-state index in [1.54, 1.807) is 26.0 Å². The fourth-order valence-corrected chi connectivity index (χ4v) is 3.83. The number of hydrogen-bond donors (Lipinski definition) is 2. The Morgan fingerprint density at radius 1 is 1.42 bits per heavy atom. The number of nitrogens with one attached hydrogen (secondary N) is 1. The maximum Gasteiger partial charge on any atom is 0.321 e. The normalized spacial score (nSPS) is 22.3. The summed E-state index contributed by atoms with van der Waals surface area (Å²) in [7, 11) is 3.15. The van der Waals surface area contributed by atoms with Crippen LogP contribution in [0.25, 0.3) is 0 Å². The van der Waals surface area contributed by atoms with Gasteiger partial charge in [-0.05, 0) is 17.7 Å². The molecule has 1 fully saturated rings. The van der Waals surface area contributed by atoms with Gasteiger partial charge in [0.1, 0.15) is 6.04 Å². The predicted molar refractivity (Wildman–Crippen MR) is 77.0 cm³/mol. The van der Waals surface area contributed by atoms with Gasteiger partial charge in [0.15, 0.2) is 11.5 Å². The molecule has 0 aromatic heterocycles. The molecule has 7 heteroatoms. The first-order chi connectivity index (χ1) is 9.06. The molecule has 19 heavy (non-hydrogen) atoms. The Morgan fingerprint density at radius 2 is 2.05 bits per heavy atom. The van der Waals surface area contributed by atoms with E-state index in [1.165, 1.54) is 0 Å². The first-order valence-electron chi connectivity index (χ1n) is 5.58. The summed E-state index contributed by atoms with van der Waals surface area (Å²) in [5.74, 6) is 0.977. The number of thioether (sulfide) groups is 1. The van der Waals surface area contributed by atoms with Gasteiger partial charge in [0, 0.05) is 10.2 Å². The zero-order valence-electron chi connectivity index (χ0n) is 10.5. The summed E-state index contributed by atoms with van der Waals surface area (Å²) in [5.41, 5.74) is 0.950. The van der Waals surface area contributed by atoms with Crippen LogP contribution >= 0.6 is 27.7 Å². The van der Waals surface area contributed by atoms with Gasteiger partial charge in [-0.1, -0.05) is 15.9 Å². The molecule has 0 radical (unpaired) electrons. The Bertz CT molecular complexity index is 497. The summed E-state index contributed by atoms with van der Waals surface area (Å²) in [4.78, 5) is 11.0. The van der Waals surface area contributed by atoms with Crippen LogP contribution in [0.2, 0.25) is 0 Å².